The van der Waals surface area contributed by atoms with Crippen LogP contribution < -0.4 is 5.32 Å². The van der Waals surface area contributed by atoms with E-state index in [2.05, 4.69) is 19.8 Å². The molecule has 0 saturated carbocycles. The monoisotopic (exact) mass is 287 g/mol. The van der Waals surface area contributed by atoms with Gasteiger partial charge in [-0.15, -0.1) is 0 Å². The Morgan fingerprint density at radius 3 is 2.74 bits per heavy atom. The molecule has 0 atom stereocenters. The van der Waals surface area contributed by atoms with Crippen molar-refractivity contribution in [1.82, 2.24) is 19.1 Å². The molecular weight excluding hydrogens is 272 g/mol. The van der Waals surface area contributed by atoms with Gasteiger partial charge in [0.25, 0.3) is 6.43 Å². The van der Waals surface area contributed by atoms with Gasteiger partial charge in [-0.05, 0) is 0 Å². The van der Waals surface area contributed by atoms with Gasteiger partial charge in [-0.25, -0.2) is 13.8 Å². The number of aromatic nitrogens is 4. The second-order valence-electron chi connectivity index (χ2n) is 5.11. The van der Waals surface area contributed by atoms with E-state index in [1.54, 1.807) is 6.07 Å². The molecule has 0 unspecified atom stereocenters. The minimum absolute atomic E-state index is 0.120. The minimum atomic E-state index is -2.42. The van der Waals surface area contributed by atoms with Crippen LogP contribution in [0.1, 0.15) is 26.6 Å². The van der Waals surface area contributed by atoms with Crippen LogP contribution in [-0.4, -0.2) is 25.6 Å². The van der Waals surface area contributed by atoms with E-state index >= 15 is 0 Å². The lowest BCUT2D eigenvalue weighted by molar-refractivity contribution is 0.122. The summed E-state index contributed by atoms with van der Waals surface area (Å²) in [4.78, 5) is 4.35. The van der Waals surface area contributed by atoms with Crippen LogP contribution in [0.2, 0.25) is 0 Å². The first-order chi connectivity index (χ1) is 8.84. The lowest BCUT2D eigenvalue weighted by Crippen LogP contribution is -2.13. The van der Waals surface area contributed by atoms with E-state index in [0.717, 1.165) is 5.82 Å². The van der Waals surface area contributed by atoms with Crippen molar-refractivity contribution < 1.29 is 8.78 Å². The van der Waals surface area contributed by atoms with Gasteiger partial charge in [0.15, 0.2) is 5.82 Å². The zero-order chi connectivity index (χ0) is 14.0. The van der Waals surface area contributed by atoms with Crippen LogP contribution in [0.4, 0.5) is 19.7 Å². The summed E-state index contributed by atoms with van der Waals surface area (Å²) in [5.74, 6) is 1.23. The Kier molecular flexibility index (Phi) is 3.79. The van der Waals surface area contributed by atoms with Gasteiger partial charge in [0.1, 0.15) is 12.4 Å². The number of rotatable bonds is 4. The first-order valence-electron chi connectivity index (χ1n) is 5.77. The van der Waals surface area contributed by atoms with E-state index in [0.29, 0.717) is 10.9 Å². The fourth-order valence-corrected chi connectivity index (χ4v) is 2.13. The molecule has 0 fully saturated rings. The van der Waals surface area contributed by atoms with Gasteiger partial charge in [-0.2, -0.15) is 9.47 Å². The van der Waals surface area contributed by atoms with E-state index in [1.165, 1.54) is 22.4 Å². The van der Waals surface area contributed by atoms with Crippen molar-refractivity contribution in [3.63, 3.8) is 0 Å². The van der Waals surface area contributed by atoms with Crippen LogP contribution in [0.15, 0.2) is 12.3 Å². The van der Waals surface area contributed by atoms with Crippen molar-refractivity contribution >= 4 is 22.5 Å². The smallest absolute Gasteiger partial charge is 0.257 e. The van der Waals surface area contributed by atoms with Crippen LogP contribution in [0.3, 0.4) is 0 Å². The molecule has 19 heavy (non-hydrogen) atoms. The molecule has 2 aromatic heterocycles. The lowest BCUT2D eigenvalue weighted by atomic mass is 9.96. The number of nitrogens with one attached hydrogen (secondary N) is 1. The van der Waals surface area contributed by atoms with Crippen LogP contribution >= 0.6 is 11.5 Å². The van der Waals surface area contributed by atoms with Crippen molar-refractivity contribution in [3.05, 3.63) is 18.1 Å². The molecule has 2 aromatic rings. The predicted molar refractivity (Wildman–Crippen MR) is 70.1 cm³/mol. The highest BCUT2D eigenvalue weighted by atomic mass is 32.1. The number of alkyl halides is 2. The Morgan fingerprint density at radius 1 is 1.42 bits per heavy atom. The van der Waals surface area contributed by atoms with Gasteiger partial charge in [0, 0.05) is 29.2 Å². The molecule has 0 saturated heterocycles. The maximum absolute atomic E-state index is 12.2. The van der Waals surface area contributed by atoms with Crippen molar-refractivity contribution in [2.75, 3.05) is 5.32 Å². The molecule has 0 aliphatic rings. The Hall–Kier alpha value is -1.57. The summed E-state index contributed by atoms with van der Waals surface area (Å²) >= 11 is 1.22. The average molecular weight is 287 g/mol. The molecule has 0 aliphatic carbocycles. The normalized spacial score (nSPS) is 12.1. The average Bonchev–Trinajstić information content (AvgIpc) is 2.86. The van der Waals surface area contributed by atoms with Crippen LogP contribution in [0, 0.1) is 0 Å². The van der Waals surface area contributed by atoms with Gasteiger partial charge >= 0.3 is 0 Å². The standard InChI is InChI=1S/C11H15F2N5S/c1-11(2,3)9-15-10(19-17-9)14-8-4-5-18(16-8)6-7(12)13/h4-5,7H,6H2,1-3H3,(H,14,15,16,17). The summed E-state index contributed by atoms with van der Waals surface area (Å²) in [6, 6.07) is 1.63. The molecule has 2 rings (SSSR count). The second-order valence-corrected chi connectivity index (χ2v) is 5.86. The molecule has 1 N–H and O–H groups in total. The van der Waals surface area contributed by atoms with Crippen molar-refractivity contribution in [2.24, 2.45) is 0 Å². The van der Waals surface area contributed by atoms with Crippen molar-refractivity contribution in [2.45, 2.75) is 39.2 Å². The maximum Gasteiger partial charge on any atom is 0.257 e. The van der Waals surface area contributed by atoms with E-state index < -0.39 is 13.0 Å². The summed E-state index contributed by atoms with van der Waals surface area (Å²) < 4.78 is 29.8. The van der Waals surface area contributed by atoms with E-state index in [1.807, 2.05) is 20.8 Å². The highest BCUT2D eigenvalue weighted by Crippen LogP contribution is 2.24. The van der Waals surface area contributed by atoms with E-state index in [9.17, 15) is 8.78 Å². The predicted octanol–water partition coefficient (Wildman–Crippen LogP) is 3.04. The molecule has 0 bridgehead atoms. The largest absolute Gasteiger partial charge is 0.313 e. The highest BCUT2D eigenvalue weighted by Gasteiger charge is 2.19. The number of hydrogen-bond donors (Lipinski definition) is 1. The summed E-state index contributed by atoms with van der Waals surface area (Å²) in [5.41, 5.74) is -0.120. The number of hydrogen-bond acceptors (Lipinski definition) is 5. The highest BCUT2D eigenvalue weighted by molar-refractivity contribution is 7.09. The molecular formula is C11H15F2N5S. The summed E-state index contributed by atoms with van der Waals surface area (Å²) in [6.07, 6.45) is -0.915. The SMILES string of the molecule is CC(C)(C)c1nsc(Nc2ccn(CC(F)F)n2)n1. The van der Waals surface area contributed by atoms with Gasteiger partial charge in [0.2, 0.25) is 5.13 Å². The summed E-state index contributed by atoms with van der Waals surface area (Å²) in [7, 11) is 0. The van der Waals surface area contributed by atoms with Gasteiger partial charge in [-0.3, -0.25) is 4.68 Å². The number of anilines is 2. The summed E-state index contributed by atoms with van der Waals surface area (Å²) in [5, 5.41) is 7.54. The fraction of sp³-hybridized carbons (Fsp3) is 0.545. The molecule has 0 aromatic carbocycles. The number of halogens is 2. The minimum Gasteiger partial charge on any atom is -0.313 e. The van der Waals surface area contributed by atoms with Crippen LogP contribution in [0.5, 0.6) is 0 Å². The first kappa shape index (κ1) is 13.9. The molecule has 0 spiro atoms. The van der Waals surface area contributed by atoms with Gasteiger partial charge in [-0.1, -0.05) is 20.8 Å². The van der Waals surface area contributed by atoms with E-state index in [4.69, 9.17) is 0 Å². The zero-order valence-electron chi connectivity index (χ0n) is 10.9. The maximum atomic E-state index is 12.2. The fourth-order valence-electron chi connectivity index (χ4n) is 1.36. The first-order valence-corrected chi connectivity index (χ1v) is 6.55. The Morgan fingerprint density at radius 2 is 2.16 bits per heavy atom. The Bertz CT molecular complexity index is 543. The zero-order valence-corrected chi connectivity index (χ0v) is 11.7. The topological polar surface area (TPSA) is 55.6 Å². The third-order valence-corrected chi connectivity index (χ3v) is 2.93. The third kappa shape index (κ3) is 3.69. The molecule has 2 heterocycles. The summed E-state index contributed by atoms with van der Waals surface area (Å²) in [6.45, 7) is 5.66. The molecule has 5 nitrogen and oxygen atoms in total. The molecule has 8 heteroatoms. The lowest BCUT2D eigenvalue weighted by Gasteiger charge is -2.12. The second kappa shape index (κ2) is 5.20. The van der Waals surface area contributed by atoms with E-state index in [-0.39, 0.29) is 5.41 Å². The Labute approximate surface area is 113 Å². The van der Waals surface area contributed by atoms with Gasteiger partial charge in [0.05, 0.1) is 0 Å². The molecule has 0 radical (unpaired) electrons. The third-order valence-electron chi connectivity index (χ3n) is 2.30. The molecule has 104 valence electrons. The van der Waals surface area contributed by atoms with Crippen LogP contribution in [-0.2, 0) is 12.0 Å². The molecule has 0 aliphatic heterocycles. The van der Waals surface area contributed by atoms with Gasteiger partial charge < -0.3 is 5.32 Å². The van der Waals surface area contributed by atoms with Crippen molar-refractivity contribution in [3.8, 4) is 0 Å². The molecule has 0 amide bonds. The quantitative estimate of drug-likeness (QED) is 0.939. The van der Waals surface area contributed by atoms with Crippen LogP contribution in [0.25, 0.3) is 0 Å². The van der Waals surface area contributed by atoms with Crippen molar-refractivity contribution in [1.29, 1.82) is 0 Å². The number of nitrogens with zero attached hydrogens (tertiary/aromatic N) is 4. The Balaban J connectivity index is 2.05.